The molecule has 1 aromatic carbocycles. The van der Waals surface area contributed by atoms with Crippen molar-refractivity contribution in [3.8, 4) is 0 Å². The maximum Gasteiger partial charge on any atom is 0.327 e. The van der Waals surface area contributed by atoms with Gasteiger partial charge < -0.3 is 9.47 Å². The van der Waals surface area contributed by atoms with Crippen LogP contribution in [0.4, 0.5) is 0 Å². The molecule has 0 spiro atoms. The van der Waals surface area contributed by atoms with Crippen LogP contribution in [-0.4, -0.2) is 14.2 Å². The van der Waals surface area contributed by atoms with Gasteiger partial charge in [0.1, 0.15) is 0 Å². The maximum atomic E-state index is 5.11. The number of benzene rings is 1. The van der Waals surface area contributed by atoms with Gasteiger partial charge >= 0.3 is 5.97 Å². The van der Waals surface area contributed by atoms with Crippen molar-refractivity contribution in [1.82, 2.24) is 0 Å². The van der Waals surface area contributed by atoms with Gasteiger partial charge in [-0.05, 0) is 0 Å². The molecule has 4 heteroatoms. The lowest BCUT2D eigenvalue weighted by Crippen LogP contribution is -2.36. The van der Waals surface area contributed by atoms with E-state index in [9.17, 15) is 0 Å². The van der Waals surface area contributed by atoms with E-state index in [1.165, 1.54) is 14.2 Å². The summed E-state index contributed by atoms with van der Waals surface area (Å²) >= 11 is 0. The molecular formula is C9H13NO3. The maximum absolute atomic E-state index is 5.11. The normalized spacial score (nSPS) is 11.6. The van der Waals surface area contributed by atoms with Gasteiger partial charge in [-0.3, -0.25) is 0 Å². The molecule has 0 amide bonds. The predicted octanol–water partition coefficient (Wildman–Crippen LogP) is 0.980. The van der Waals surface area contributed by atoms with Gasteiger partial charge in [-0.1, -0.05) is 30.3 Å². The van der Waals surface area contributed by atoms with Crippen LogP contribution in [0, 0.1) is 0 Å². The third-order valence-corrected chi connectivity index (χ3v) is 1.82. The Hall–Kier alpha value is -0.940. The summed E-state index contributed by atoms with van der Waals surface area (Å²) < 4.78 is 10.1. The molecule has 0 heterocycles. The van der Waals surface area contributed by atoms with Gasteiger partial charge in [0, 0.05) is 19.8 Å². The minimum Gasteiger partial charge on any atom is -0.326 e. The molecule has 0 bridgehead atoms. The topological polar surface area (TPSA) is 53.7 Å². The lowest BCUT2D eigenvalue weighted by atomic mass is 10.2. The molecular weight excluding hydrogens is 170 g/mol. The average molecular weight is 183 g/mol. The summed E-state index contributed by atoms with van der Waals surface area (Å²) in [6, 6.07) is 9.19. The number of hydrogen-bond acceptors (Lipinski definition) is 4. The Bertz CT molecular complexity index is 238. The molecule has 13 heavy (non-hydrogen) atoms. The summed E-state index contributed by atoms with van der Waals surface area (Å²) in [5.74, 6) is 3.81. The molecule has 1 rings (SSSR count). The molecule has 0 aliphatic rings. The largest absolute Gasteiger partial charge is 0.327 e. The van der Waals surface area contributed by atoms with Crippen molar-refractivity contribution in [1.29, 1.82) is 0 Å². The van der Waals surface area contributed by atoms with Crippen molar-refractivity contribution in [2.45, 2.75) is 5.97 Å². The summed E-state index contributed by atoms with van der Waals surface area (Å²) in [6.45, 7) is 0. The number of rotatable bonds is 4. The molecule has 0 aliphatic heterocycles. The molecule has 0 saturated heterocycles. The first-order valence-electron chi connectivity index (χ1n) is 3.83. The van der Waals surface area contributed by atoms with Crippen LogP contribution in [0.5, 0.6) is 0 Å². The Morgan fingerprint density at radius 3 is 2.00 bits per heavy atom. The highest BCUT2D eigenvalue weighted by atomic mass is 16.9. The van der Waals surface area contributed by atoms with Gasteiger partial charge in [0.2, 0.25) is 0 Å². The smallest absolute Gasteiger partial charge is 0.326 e. The fourth-order valence-electron chi connectivity index (χ4n) is 1.13. The number of hydrogen-bond donors (Lipinski definition) is 1. The third kappa shape index (κ3) is 1.87. The lowest BCUT2D eigenvalue weighted by molar-refractivity contribution is -0.377. The quantitative estimate of drug-likeness (QED) is 0.558. The fraction of sp³-hybridized carbons (Fsp3) is 0.333. The second kappa shape index (κ2) is 4.34. The van der Waals surface area contributed by atoms with E-state index in [-0.39, 0.29) is 0 Å². The van der Waals surface area contributed by atoms with Crippen LogP contribution in [0.3, 0.4) is 0 Å². The van der Waals surface area contributed by atoms with E-state index in [0.717, 1.165) is 0 Å². The van der Waals surface area contributed by atoms with E-state index >= 15 is 0 Å². The number of ether oxygens (including phenoxy) is 2. The van der Waals surface area contributed by atoms with Crippen molar-refractivity contribution in [3.63, 3.8) is 0 Å². The summed E-state index contributed by atoms with van der Waals surface area (Å²) in [5.41, 5.74) is 0.711. The molecule has 0 atom stereocenters. The average Bonchev–Trinajstić information content (AvgIpc) is 2.23. The molecule has 1 aromatic rings. The number of methoxy groups -OCH3 is 2. The van der Waals surface area contributed by atoms with Crippen molar-refractivity contribution < 1.29 is 14.3 Å². The molecule has 0 aromatic heterocycles. The Labute approximate surface area is 77.2 Å². The highest BCUT2D eigenvalue weighted by molar-refractivity contribution is 5.18. The zero-order valence-corrected chi connectivity index (χ0v) is 7.69. The number of nitrogens with two attached hydrogens (primary N) is 1. The molecule has 4 nitrogen and oxygen atoms in total. The van der Waals surface area contributed by atoms with Crippen LogP contribution < -0.4 is 5.90 Å². The van der Waals surface area contributed by atoms with Gasteiger partial charge in [0.25, 0.3) is 0 Å². The Balaban J connectivity index is 3.01. The van der Waals surface area contributed by atoms with Crippen molar-refractivity contribution in [2.24, 2.45) is 5.90 Å². The first-order valence-corrected chi connectivity index (χ1v) is 3.83. The molecule has 0 unspecified atom stereocenters. The van der Waals surface area contributed by atoms with Gasteiger partial charge in [-0.2, -0.15) is 0 Å². The first-order chi connectivity index (χ1) is 6.29. The minimum atomic E-state index is -1.30. The van der Waals surface area contributed by atoms with E-state index in [1.807, 2.05) is 18.2 Å². The summed E-state index contributed by atoms with van der Waals surface area (Å²) in [7, 11) is 2.92. The Morgan fingerprint density at radius 1 is 1.08 bits per heavy atom. The summed E-state index contributed by atoms with van der Waals surface area (Å²) in [5, 5.41) is 0. The van der Waals surface area contributed by atoms with E-state index in [1.54, 1.807) is 12.1 Å². The van der Waals surface area contributed by atoms with E-state index in [2.05, 4.69) is 4.84 Å². The monoisotopic (exact) mass is 183 g/mol. The van der Waals surface area contributed by atoms with Gasteiger partial charge in [0.05, 0.1) is 0 Å². The van der Waals surface area contributed by atoms with Crippen LogP contribution >= 0.6 is 0 Å². The van der Waals surface area contributed by atoms with Crippen molar-refractivity contribution in [2.75, 3.05) is 14.2 Å². The molecule has 0 aliphatic carbocycles. The predicted molar refractivity (Wildman–Crippen MR) is 47.4 cm³/mol. The van der Waals surface area contributed by atoms with Crippen molar-refractivity contribution >= 4 is 0 Å². The van der Waals surface area contributed by atoms with E-state index < -0.39 is 5.97 Å². The second-order valence-electron chi connectivity index (χ2n) is 2.45. The van der Waals surface area contributed by atoms with Crippen LogP contribution in [-0.2, 0) is 20.3 Å². The molecule has 72 valence electrons. The first kappa shape index (κ1) is 10.1. The molecule has 2 N–H and O–H groups in total. The zero-order valence-electron chi connectivity index (χ0n) is 7.69. The van der Waals surface area contributed by atoms with E-state index in [0.29, 0.717) is 5.56 Å². The van der Waals surface area contributed by atoms with Gasteiger partial charge in [0.15, 0.2) is 0 Å². The third-order valence-electron chi connectivity index (χ3n) is 1.82. The molecule has 0 fully saturated rings. The Morgan fingerprint density at radius 2 is 1.62 bits per heavy atom. The fourth-order valence-corrected chi connectivity index (χ4v) is 1.13. The SMILES string of the molecule is COC(OC)(ON)c1ccccc1. The van der Waals surface area contributed by atoms with Gasteiger partial charge in [-0.15, -0.1) is 0 Å². The van der Waals surface area contributed by atoms with E-state index in [4.69, 9.17) is 15.4 Å². The van der Waals surface area contributed by atoms with Crippen molar-refractivity contribution in [3.05, 3.63) is 35.9 Å². The highest BCUT2D eigenvalue weighted by Gasteiger charge is 2.32. The van der Waals surface area contributed by atoms with Crippen LogP contribution in [0.15, 0.2) is 30.3 Å². The van der Waals surface area contributed by atoms with Crippen LogP contribution in [0.1, 0.15) is 5.56 Å². The van der Waals surface area contributed by atoms with Gasteiger partial charge in [-0.25, -0.2) is 10.7 Å². The van der Waals surface area contributed by atoms with Crippen LogP contribution in [0.25, 0.3) is 0 Å². The highest BCUT2D eigenvalue weighted by Crippen LogP contribution is 2.25. The standard InChI is InChI=1S/C9H13NO3/c1-11-9(12-2,13-10)8-6-4-3-5-7-8/h3-7H,10H2,1-2H3. The Kier molecular flexibility index (Phi) is 3.39. The molecule has 0 radical (unpaired) electrons. The summed E-state index contributed by atoms with van der Waals surface area (Å²) in [6.07, 6.45) is 0. The molecule has 0 saturated carbocycles. The zero-order chi connectivity index (χ0) is 9.73. The lowest BCUT2D eigenvalue weighted by Gasteiger charge is -2.27. The second-order valence-corrected chi connectivity index (χ2v) is 2.45. The summed E-state index contributed by atoms with van der Waals surface area (Å²) in [4.78, 5) is 4.68. The minimum absolute atomic E-state index is 0.711. The van der Waals surface area contributed by atoms with Crippen LogP contribution in [0.2, 0.25) is 0 Å².